The van der Waals surface area contributed by atoms with Gasteiger partial charge < -0.3 is 5.73 Å². The molecule has 2 rings (SSSR count). The second-order valence-corrected chi connectivity index (χ2v) is 6.07. The maximum absolute atomic E-state index is 13.5. The van der Waals surface area contributed by atoms with E-state index in [-0.39, 0.29) is 5.75 Å². The van der Waals surface area contributed by atoms with E-state index in [2.05, 4.69) is 0 Å². The number of nitro groups is 1. The van der Waals surface area contributed by atoms with Gasteiger partial charge in [0.05, 0.1) is 26.4 Å². The molecule has 0 radical (unpaired) electrons. The second-order valence-electron chi connectivity index (χ2n) is 4.21. The molecule has 0 spiro atoms. The third-order valence-corrected chi connectivity index (χ3v) is 4.40. The predicted molar refractivity (Wildman–Crippen MR) is 79.0 cm³/mol. The van der Waals surface area contributed by atoms with Crippen LogP contribution in [0.5, 0.6) is 0 Å². The van der Waals surface area contributed by atoms with Crippen LogP contribution >= 0.6 is 11.6 Å². The Balaban J connectivity index is 2.26. The van der Waals surface area contributed by atoms with Gasteiger partial charge in [-0.15, -0.1) is 0 Å². The third-order valence-electron chi connectivity index (χ3n) is 2.73. The van der Waals surface area contributed by atoms with Gasteiger partial charge in [-0.05, 0) is 29.8 Å². The molecular weight excluding hydrogens is 319 g/mol. The van der Waals surface area contributed by atoms with Gasteiger partial charge in [-0.2, -0.15) is 4.39 Å². The Morgan fingerprint density at radius 2 is 2.00 bits per heavy atom. The topological polar surface area (TPSA) is 86.2 Å². The van der Waals surface area contributed by atoms with E-state index in [1.165, 1.54) is 18.2 Å². The van der Waals surface area contributed by atoms with Gasteiger partial charge >= 0.3 is 5.69 Å². The molecule has 0 bridgehead atoms. The Kier molecular flexibility index (Phi) is 4.54. The molecule has 0 amide bonds. The molecule has 1 atom stereocenters. The number of anilines is 1. The van der Waals surface area contributed by atoms with Crippen molar-refractivity contribution in [1.29, 1.82) is 0 Å². The fourth-order valence-corrected chi connectivity index (χ4v) is 3.19. The summed E-state index contributed by atoms with van der Waals surface area (Å²) in [5.74, 6) is -0.979. The van der Waals surface area contributed by atoms with Gasteiger partial charge in [-0.3, -0.25) is 14.3 Å². The maximum Gasteiger partial charge on any atom is 0.304 e. The maximum atomic E-state index is 13.5. The summed E-state index contributed by atoms with van der Waals surface area (Å²) in [6, 6.07) is 7.99. The average Bonchev–Trinajstić information content (AvgIpc) is 2.41. The first-order valence-corrected chi connectivity index (χ1v) is 7.44. The van der Waals surface area contributed by atoms with Gasteiger partial charge in [0.2, 0.25) is 5.82 Å². The Hall–Kier alpha value is -1.99. The van der Waals surface area contributed by atoms with E-state index in [0.717, 1.165) is 12.1 Å². The lowest BCUT2D eigenvalue weighted by molar-refractivity contribution is -0.387. The van der Waals surface area contributed by atoms with E-state index in [0.29, 0.717) is 21.2 Å². The zero-order valence-electron chi connectivity index (χ0n) is 10.6. The molecule has 5 nitrogen and oxygen atoms in total. The summed E-state index contributed by atoms with van der Waals surface area (Å²) in [6.07, 6.45) is 0. The Morgan fingerprint density at radius 1 is 1.29 bits per heavy atom. The minimum absolute atomic E-state index is 0.0144. The number of rotatable bonds is 4. The van der Waals surface area contributed by atoms with Crippen LogP contribution in [0, 0.1) is 15.9 Å². The number of nitrogen functional groups attached to an aromatic ring is 1. The largest absolute Gasteiger partial charge is 0.398 e. The van der Waals surface area contributed by atoms with E-state index in [1.54, 1.807) is 6.07 Å². The van der Waals surface area contributed by atoms with Crippen molar-refractivity contribution in [2.75, 3.05) is 5.73 Å². The molecule has 0 saturated heterocycles. The number of halogens is 2. The van der Waals surface area contributed by atoms with Gasteiger partial charge in [0.25, 0.3) is 0 Å². The van der Waals surface area contributed by atoms with E-state index < -0.39 is 27.2 Å². The quantitative estimate of drug-likeness (QED) is 0.530. The Morgan fingerprint density at radius 3 is 2.62 bits per heavy atom. The van der Waals surface area contributed by atoms with Crippen molar-refractivity contribution in [1.82, 2.24) is 0 Å². The molecule has 1 unspecified atom stereocenters. The van der Waals surface area contributed by atoms with Crippen LogP contribution in [0.4, 0.5) is 15.8 Å². The molecule has 0 fully saturated rings. The molecule has 2 aromatic rings. The fourth-order valence-electron chi connectivity index (χ4n) is 1.72. The smallest absolute Gasteiger partial charge is 0.304 e. The molecule has 0 saturated carbocycles. The van der Waals surface area contributed by atoms with Crippen molar-refractivity contribution in [3.8, 4) is 0 Å². The summed E-state index contributed by atoms with van der Waals surface area (Å²) in [6.45, 7) is 0. The lowest BCUT2D eigenvalue weighted by atomic mass is 10.2. The highest BCUT2D eigenvalue weighted by Gasteiger charge is 2.16. The molecule has 110 valence electrons. The summed E-state index contributed by atoms with van der Waals surface area (Å²) in [7, 11) is -1.53. The average molecular weight is 329 g/mol. The summed E-state index contributed by atoms with van der Waals surface area (Å²) in [5.41, 5.74) is 5.79. The number of hydrogen-bond acceptors (Lipinski definition) is 4. The standard InChI is InChI=1S/C13H10ClFN2O3S/c14-9-2-3-11(16)13(6-9)21(20)7-8-1-4-12(17(18)19)10(15)5-8/h1-6H,7,16H2. The molecule has 0 heterocycles. The highest BCUT2D eigenvalue weighted by atomic mass is 35.5. The molecule has 0 aliphatic rings. The summed E-state index contributed by atoms with van der Waals surface area (Å²) in [5, 5.41) is 10.9. The zero-order chi connectivity index (χ0) is 15.6. The number of hydrogen-bond donors (Lipinski definition) is 1. The lowest BCUT2D eigenvalue weighted by Gasteiger charge is -2.07. The van der Waals surface area contributed by atoms with Crippen LogP contribution in [0.2, 0.25) is 5.02 Å². The fraction of sp³-hybridized carbons (Fsp3) is 0.0769. The van der Waals surface area contributed by atoms with Crippen molar-refractivity contribution in [3.63, 3.8) is 0 Å². The second kappa shape index (κ2) is 6.19. The van der Waals surface area contributed by atoms with Gasteiger partial charge in [0.1, 0.15) is 0 Å². The zero-order valence-corrected chi connectivity index (χ0v) is 12.2. The molecule has 0 aliphatic carbocycles. The number of nitro benzene ring substituents is 1. The molecule has 8 heteroatoms. The highest BCUT2D eigenvalue weighted by molar-refractivity contribution is 7.84. The summed E-state index contributed by atoms with van der Waals surface area (Å²) < 4.78 is 25.7. The minimum Gasteiger partial charge on any atom is -0.398 e. The Labute approximate surface area is 127 Å². The third kappa shape index (κ3) is 3.56. The van der Waals surface area contributed by atoms with E-state index in [4.69, 9.17) is 17.3 Å². The van der Waals surface area contributed by atoms with Gasteiger partial charge in [-0.1, -0.05) is 17.7 Å². The number of nitrogens with two attached hydrogens (primary N) is 1. The van der Waals surface area contributed by atoms with Crippen LogP contribution in [0.15, 0.2) is 41.3 Å². The molecule has 0 aliphatic heterocycles. The lowest BCUT2D eigenvalue weighted by Crippen LogP contribution is -2.02. The monoisotopic (exact) mass is 328 g/mol. The van der Waals surface area contributed by atoms with Gasteiger partial charge in [0.15, 0.2) is 0 Å². The molecule has 0 aromatic heterocycles. The SMILES string of the molecule is Nc1ccc(Cl)cc1S(=O)Cc1ccc([N+](=O)[O-])c(F)c1. The van der Waals surface area contributed by atoms with Crippen molar-refractivity contribution < 1.29 is 13.5 Å². The molecule has 2 aromatic carbocycles. The normalized spacial score (nSPS) is 12.1. The van der Waals surface area contributed by atoms with Crippen LogP contribution in [0.25, 0.3) is 0 Å². The predicted octanol–water partition coefficient (Wildman–Crippen LogP) is 3.28. The molecule has 21 heavy (non-hydrogen) atoms. The molecule has 2 N–H and O–H groups in total. The van der Waals surface area contributed by atoms with Crippen molar-refractivity contribution in [2.45, 2.75) is 10.6 Å². The van der Waals surface area contributed by atoms with Crippen LogP contribution in [-0.4, -0.2) is 9.13 Å². The summed E-state index contributed by atoms with van der Waals surface area (Å²) in [4.78, 5) is 10.1. The van der Waals surface area contributed by atoms with Gasteiger partial charge in [-0.25, -0.2) is 0 Å². The number of benzene rings is 2. The van der Waals surface area contributed by atoms with E-state index >= 15 is 0 Å². The van der Waals surface area contributed by atoms with Crippen molar-refractivity contribution >= 4 is 33.8 Å². The van der Waals surface area contributed by atoms with Crippen LogP contribution in [0.1, 0.15) is 5.56 Å². The first-order chi connectivity index (χ1) is 9.88. The van der Waals surface area contributed by atoms with Crippen molar-refractivity contribution in [2.24, 2.45) is 0 Å². The van der Waals surface area contributed by atoms with Crippen LogP contribution in [0.3, 0.4) is 0 Å². The van der Waals surface area contributed by atoms with E-state index in [9.17, 15) is 18.7 Å². The summed E-state index contributed by atoms with van der Waals surface area (Å²) >= 11 is 5.82. The number of nitrogens with zero attached hydrogens (tertiary/aromatic N) is 1. The van der Waals surface area contributed by atoms with Crippen LogP contribution in [-0.2, 0) is 16.6 Å². The van der Waals surface area contributed by atoms with Crippen LogP contribution < -0.4 is 5.73 Å². The van der Waals surface area contributed by atoms with Gasteiger partial charge in [0, 0.05) is 16.8 Å². The van der Waals surface area contributed by atoms with E-state index in [1.807, 2.05) is 0 Å². The Bertz CT molecular complexity index is 739. The minimum atomic E-state index is -1.53. The highest BCUT2D eigenvalue weighted by Crippen LogP contribution is 2.25. The first kappa shape index (κ1) is 15.4. The first-order valence-electron chi connectivity index (χ1n) is 5.74. The van der Waals surface area contributed by atoms with Crippen molar-refractivity contribution in [3.05, 3.63) is 62.9 Å². The molecular formula is C13H10ClFN2O3S.